The van der Waals surface area contributed by atoms with Crippen molar-refractivity contribution in [1.82, 2.24) is 9.88 Å². The predicted octanol–water partition coefficient (Wildman–Crippen LogP) is 4.77. The van der Waals surface area contributed by atoms with Crippen LogP contribution in [-0.2, 0) is 24.8 Å². The molecule has 1 N–H and O–H groups in total. The van der Waals surface area contributed by atoms with Gasteiger partial charge in [-0.3, -0.25) is 4.79 Å². The highest BCUT2D eigenvalue weighted by atomic mass is 32.1. The van der Waals surface area contributed by atoms with Gasteiger partial charge in [-0.25, -0.2) is 0 Å². The van der Waals surface area contributed by atoms with Gasteiger partial charge in [-0.15, -0.1) is 0 Å². The molecule has 0 bridgehead atoms. The molecule has 0 saturated carbocycles. The van der Waals surface area contributed by atoms with Crippen molar-refractivity contribution in [2.24, 2.45) is 7.05 Å². The summed E-state index contributed by atoms with van der Waals surface area (Å²) in [6.07, 6.45) is 0.364. The molecule has 4 heteroatoms. The van der Waals surface area contributed by atoms with E-state index in [2.05, 4.69) is 44.9 Å². The van der Waals surface area contributed by atoms with Crippen LogP contribution < -0.4 is 5.32 Å². The Morgan fingerprint density at radius 3 is 2.58 bits per heavy atom. The number of carbonyl (C=O) groups is 1. The molecule has 0 atom stereocenters. The monoisotopic (exact) mass is 360 g/mol. The molecule has 1 amide bonds. The third-order valence-electron chi connectivity index (χ3n) is 4.70. The van der Waals surface area contributed by atoms with Crippen LogP contribution in [0.4, 0.5) is 0 Å². The van der Waals surface area contributed by atoms with Crippen molar-refractivity contribution in [3.63, 3.8) is 0 Å². The number of thiophene rings is 1. The quantitative estimate of drug-likeness (QED) is 0.547. The summed E-state index contributed by atoms with van der Waals surface area (Å²) >= 11 is 1.68. The third-order valence-corrected chi connectivity index (χ3v) is 5.38. The van der Waals surface area contributed by atoms with Gasteiger partial charge in [0.2, 0.25) is 5.91 Å². The van der Waals surface area contributed by atoms with E-state index in [9.17, 15) is 4.79 Å². The fourth-order valence-corrected chi connectivity index (χ4v) is 4.04. The van der Waals surface area contributed by atoms with E-state index in [1.807, 2.05) is 43.4 Å². The van der Waals surface area contributed by atoms with Crippen molar-refractivity contribution in [2.45, 2.75) is 13.0 Å². The highest BCUT2D eigenvalue weighted by Gasteiger charge is 2.19. The third kappa shape index (κ3) is 3.16. The van der Waals surface area contributed by atoms with E-state index in [1.165, 1.54) is 16.5 Å². The van der Waals surface area contributed by atoms with Gasteiger partial charge in [0.25, 0.3) is 0 Å². The van der Waals surface area contributed by atoms with E-state index in [0.717, 1.165) is 16.8 Å². The Morgan fingerprint density at radius 2 is 1.81 bits per heavy atom. The predicted molar refractivity (Wildman–Crippen MR) is 108 cm³/mol. The first-order chi connectivity index (χ1) is 12.7. The smallest absolute Gasteiger partial charge is 0.226 e. The van der Waals surface area contributed by atoms with Crippen LogP contribution in [-0.4, -0.2) is 10.5 Å². The van der Waals surface area contributed by atoms with Crippen molar-refractivity contribution in [2.75, 3.05) is 0 Å². The Labute approximate surface area is 156 Å². The molecule has 0 aliphatic carbocycles. The number of nitrogens with one attached hydrogen (secondary N) is 1. The molecule has 0 spiro atoms. The van der Waals surface area contributed by atoms with Gasteiger partial charge >= 0.3 is 0 Å². The summed E-state index contributed by atoms with van der Waals surface area (Å²) in [7, 11) is 2.04. The van der Waals surface area contributed by atoms with Crippen LogP contribution in [0.3, 0.4) is 0 Å². The van der Waals surface area contributed by atoms with E-state index < -0.39 is 0 Å². The summed E-state index contributed by atoms with van der Waals surface area (Å²) in [5.41, 5.74) is 5.66. The summed E-state index contributed by atoms with van der Waals surface area (Å²) in [6.45, 7) is 0.553. The standard InChI is InChI=1S/C22H20N2OS/c1-24-19-10-6-5-9-18(19)22(17-11-12-26-15-17)20(24)13-21(25)23-14-16-7-3-2-4-8-16/h2-12,15H,13-14H2,1H3,(H,23,25). The molecule has 2 heterocycles. The summed E-state index contributed by atoms with van der Waals surface area (Å²) in [5.74, 6) is 0.0382. The lowest BCUT2D eigenvalue weighted by atomic mass is 10.0. The first-order valence-electron chi connectivity index (χ1n) is 8.63. The topological polar surface area (TPSA) is 34.0 Å². The van der Waals surface area contributed by atoms with Crippen LogP contribution in [0, 0.1) is 0 Å². The summed E-state index contributed by atoms with van der Waals surface area (Å²) < 4.78 is 2.14. The summed E-state index contributed by atoms with van der Waals surface area (Å²) in [5, 5.41) is 8.46. The Kier molecular flexibility index (Phi) is 4.59. The maximum atomic E-state index is 12.6. The zero-order valence-electron chi connectivity index (χ0n) is 14.6. The summed E-state index contributed by atoms with van der Waals surface area (Å²) in [4.78, 5) is 12.6. The Hall–Kier alpha value is -2.85. The van der Waals surface area contributed by atoms with E-state index in [-0.39, 0.29) is 5.91 Å². The lowest BCUT2D eigenvalue weighted by Gasteiger charge is -2.09. The maximum Gasteiger partial charge on any atom is 0.226 e. The minimum Gasteiger partial charge on any atom is -0.352 e. The molecule has 0 aliphatic heterocycles. The van der Waals surface area contributed by atoms with Crippen LogP contribution >= 0.6 is 11.3 Å². The number of aryl methyl sites for hydroxylation is 1. The van der Waals surface area contributed by atoms with Gasteiger partial charge in [0.15, 0.2) is 0 Å². The minimum absolute atomic E-state index is 0.0382. The molecule has 0 radical (unpaired) electrons. The molecule has 0 aliphatic rings. The molecule has 3 nitrogen and oxygen atoms in total. The van der Waals surface area contributed by atoms with Gasteiger partial charge in [-0.1, -0.05) is 48.5 Å². The first-order valence-corrected chi connectivity index (χ1v) is 9.58. The second-order valence-corrected chi connectivity index (χ2v) is 7.13. The number of aromatic nitrogens is 1. The number of hydrogen-bond donors (Lipinski definition) is 1. The van der Waals surface area contributed by atoms with Crippen LogP contribution in [0.1, 0.15) is 11.3 Å². The number of nitrogens with zero attached hydrogens (tertiary/aromatic N) is 1. The zero-order valence-corrected chi connectivity index (χ0v) is 15.4. The normalized spacial score (nSPS) is 11.0. The summed E-state index contributed by atoms with van der Waals surface area (Å²) in [6, 6.07) is 20.5. The second-order valence-electron chi connectivity index (χ2n) is 6.35. The lowest BCUT2D eigenvalue weighted by molar-refractivity contribution is -0.120. The fourth-order valence-electron chi connectivity index (χ4n) is 3.39. The van der Waals surface area contributed by atoms with Crippen LogP contribution in [0.15, 0.2) is 71.4 Å². The molecule has 0 fully saturated rings. The highest BCUT2D eigenvalue weighted by Crippen LogP contribution is 2.35. The molecule has 26 heavy (non-hydrogen) atoms. The molecule has 4 rings (SSSR count). The van der Waals surface area contributed by atoms with E-state index >= 15 is 0 Å². The van der Waals surface area contributed by atoms with Crippen molar-refractivity contribution >= 4 is 28.1 Å². The maximum absolute atomic E-state index is 12.6. The highest BCUT2D eigenvalue weighted by molar-refractivity contribution is 7.08. The Balaban J connectivity index is 1.64. The number of fused-ring (bicyclic) bond motifs is 1. The van der Waals surface area contributed by atoms with Gasteiger partial charge < -0.3 is 9.88 Å². The van der Waals surface area contributed by atoms with Gasteiger partial charge in [-0.2, -0.15) is 11.3 Å². The molecule has 0 unspecified atom stereocenters. The zero-order chi connectivity index (χ0) is 17.9. The number of para-hydroxylation sites is 1. The van der Waals surface area contributed by atoms with Crippen molar-refractivity contribution < 1.29 is 4.79 Å². The molecule has 2 aromatic heterocycles. The van der Waals surface area contributed by atoms with Gasteiger partial charge in [-0.05, 0) is 34.0 Å². The number of benzene rings is 2. The second kappa shape index (κ2) is 7.18. The fraction of sp³-hybridized carbons (Fsp3) is 0.136. The number of hydrogen-bond acceptors (Lipinski definition) is 2. The van der Waals surface area contributed by atoms with Crippen molar-refractivity contribution in [3.05, 3.63) is 82.7 Å². The van der Waals surface area contributed by atoms with E-state index in [0.29, 0.717) is 13.0 Å². The van der Waals surface area contributed by atoms with Crippen molar-refractivity contribution in [1.29, 1.82) is 0 Å². The Bertz CT molecular complexity index is 1030. The average molecular weight is 360 g/mol. The number of carbonyl (C=O) groups excluding carboxylic acids is 1. The first kappa shape index (κ1) is 16.6. The number of amides is 1. The molecular weight excluding hydrogens is 340 g/mol. The van der Waals surface area contributed by atoms with Crippen molar-refractivity contribution in [3.8, 4) is 11.1 Å². The molecule has 0 saturated heterocycles. The van der Waals surface area contributed by atoms with Gasteiger partial charge in [0.1, 0.15) is 0 Å². The van der Waals surface area contributed by atoms with E-state index in [4.69, 9.17) is 0 Å². The molecular formula is C22H20N2OS. The SMILES string of the molecule is Cn1c(CC(=O)NCc2ccccc2)c(-c2ccsc2)c2ccccc21. The number of rotatable bonds is 5. The largest absolute Gasteiger partial charge is 0.352 e. The average Bonchev–Trinajstić information content (AvgIpc) is 3.29. The Morgan fingerprint density at radius 1 is 1.04 bits per heavy atom. The van der Waals surface area contributed by atoms with Crippen LogP contribution in [0.5, 0.6) is 0 Å². The van der Waals surface area contributed by atoms with Crippen LogP contribution in [0.2, 0.25) is 0 Å². The van der Waals surface area contributed by atoms with Crippen LogP contribution in [0.25, 0.3) is 22.0 Å². The minimum atomic E-state index is 0.0382. The molecule has 2 aromatic carbocycles. The molecule has 130 valence electrons. The molecule has 4 aromatic rings. The lowest BCUT2D eigenvalue weighted by Crippen LogP contribution is -2.25. The van der Waals surface area contributed by atoms with Gasteiger partial charge in [0.05, 0.1) is 6.42 Å². The van der Waals surface area contributed by atoms with Gasteiger partial charge in [0, 0.05) is 35.8 Å². The van der Waals surface area contributed by atoms with E-state index in [1.54, 1.807) is 11.3 Å².